The van der Waals surface area contributed by atoms with Gasteiger partial charge in [-0.05, 0) is 48.7 Å². The Kier molecular flexibility index (Phi) is 4.49. The molecule has 0 saturated carbocycles. The van der Waals surface area contributed by atoms with E-state index in [4.69, 9.17) is 0 Å². The fraction of sp³-hybridized carbons (Fsp3) is 0.190. The van der Waals surface area contributed by atoms with Crippen LogP contribution in [0.1, 0.15) is 44.3 Å². The molecule has 0 aliphatic carbocycles. The highest BCUT2D eigenvalue weighted by Crippen LogP contribution is 2.45. The molecule has 5 nitrogen and oxygen atoms in total. The van der Waals surface area contributed by atoms with Gasteiger partial charge in [0.15, 0.2) is 0 Å². The van der Waals surface area contributed by atoms with Gasteiger partial charge in [-0.25, -0.2) is 0 Å². The number of nitrogens with zero attached hydrogens (tertiary/aromatic N) is 1. The number of carbonyl (C=O) groups excluding carboxylic acids is 2. The molecule has 2 amide bonds. The Morgan fingerprint density at radius 1 is 1.22 bits per heavy atom. The number of aryl methyl sites for hydroxylation is 1. The molecule has 3 heterocycles. The van der Waals surface area contributed by atoms with Crippen LogP contribution in [0, 0.1) is 13.8 Å². The van der Waals surface area contributed by atoms with Crippen LogP contribution >= 0.6 is 11.3 Å². The first-order valence-electron chi connectivity index (χ1n) is 8.74. The van der Waals surface area contributed by atoms with Gasteiger partial charge in [0, 0.05) is 30.4 Å². The first-order chi connectivity index (χ1) is 13.0. The number of amides is 2. The number of benzene rings is 1. The zero-order valence-electron chi connectivity index (χ0n) is 15.1. The highest BCUT2D eigenvalue weighted by atomic mass is 32.1. The maximum Gasteiger partial charge on any atom is 0.266 e. The van der Waals surface area contributed by atoms with Gasteiger partial charge in [0.25, 0.3) is 5.91 Å². The molecule has 3 aromatic rings. The van der Waals surface area contributed by atoms with Crippen molar-refractivity contribution in [2.24, 2.45) is 0 Å². The van der Waals surface area contributed by atoms with E-state index in [1.54, 1.807) is 12.4 Å². The Labute approximate surface area is 161 Å². The van der Waals surface area contributed by atoms with Crippen molar-refractivity contribution in [3.63, 3.8) is 0 Å². The van der Waals surface area contributed by atoms with Crippen LogP contribution in [0.5, 0.6) is 0 Å². The van der Waals surface area contributed by atoms with E-state index in [9.17, 15) is 9.59 Å². The molecule has 2 aromatic heterocycles. The minimum Gasteiger partial charge on any atom is -0.321 e. The number of nitrogens with one attached hydrogen (secondary N) is 2. The average Bonchev–Trinajstić information content (AvgIpc) is 3.00. The van der Waals surface area contributed by atoms with Crippen molar-refractivity contribution in [3.8, 4) is 0 Å². The van der Waals surface area contributed by atoms with Crippen molar-refractivity contribution in [2.45, 2.75) is 26.2 Å². The molecular formula is C21H19N3O2S. The van der Waals surface area contributed by atoms with Crippen molar-refractivity contribution in [1.29, 1.82) is 0 Å². The molecule has 0 fully saturated rings. The Morgan fingerprint density at radius 3 is 2.70 bits per heavy atom. The van der Waals surface area contributed by atoms with E-state index in [0.29, 0.717) is 11.3 Å². The predicted molar refractivity (Wildman–Crippen MR) is 108 cm³/mol. The molecule has 1 aliphatic rings. The molecule has 136 valence electrons. The Balaban J connectivity index is 1.69. The number of carbonyl (C=O) groups is 2. The summed E-state index contributed by atoms with van der Waals surface area (Å²) in [6.07, 6.45) is 3.86. The Bertz CT molecular complexity index is 1010. The number of pyridine rings is 1. The quantitative estimate of drug-likeness (QED) is 0.707. The van der Waals surface area contributed by atoms with Crippen LogP contribution in [-0.4, -0.2) is 16.8 Å². The van der Waals surface area contributed by atoms with Crippen LogP contribution in [0.4, 0.5) is 10.7 Å². The first-order valence-corrected chi connectivity index (χ1v) is 9.55. The summed E-state index contributed by atoms with van der Waals surface area (Å²) < 4.78 is 0. The molecule has 4 rings (SSSR count). The highest BCUT2D eigenvalue weighted by molar-refractivity contribution is 7.18. The fourth-order valence-electron chi connectivity index (χ4n) is 3.41. The van der Waals surface area contributed by atoms with Gasteiger partial charge in [0.2, 0.25) is 5.91 Å². The van der Waals surface area contributed by atoms with E-state index in [1.165, 1.54) is 11.3 Å². The van der Waals surface area contributed by atoms with E-state index in [1.807, 2.05) is 50.2 Å². The van der Waals surface area contributed by atoms with Gasteiger partial charge >= 0.3 is 0 Å². The summed E-state index contributed by atoms with van der Waals surface area (Å²) in [6, 6.07) is 11.5. The van der Waals surface area contributed by atoms with E-state index in [0.717, 1.165) is 32.9 Å². The SMILES string of the molecule is Cc1ccc(NC(=O)c2sc3c(c2C)[C@H](c2cccnc2)CC(=O)N3)cc1. The smallest absolute Gasteiger partial charge is 0.266 e. The lowest BCUT2D eigenvalue weighted by Crippen LogP contribution is -2.22. The summed E-state index contributed by atoms with van der Waals surface area (Å²) in [5.41, 5.74) is 4.80. The topological polar surface area (TPSA) is 71.1 Å². The van der Waals surface area contributed by atoms with Crippen LogP contribution in [0.25, 0.3) is 0 Å². The number of anilines is 2. The second-order valence-electron chi connectivity index (χ2n) is 6.71. The van der Waals surface area contributed by atoms with Crippen LogP contribution in [0.15, 0.2) is 48.8 Å². The molecule has 1 aromatic carbocycles. The van der Waals surface area contributed by atoms with Crippen LogP contribution < -0.4 is 10.6 Å². The van der Waals surface area contributed by atoms with Crippen molar-refractivity contribution in [1.82, 2.24) is 4.98 Å². The number of rotatable bonds is 3. The van der Waals surface area contributed by atoms with Crippen LogP contribution in [0.3, 0.4) is 0 Å². The van der Waals surface area contributed by atoms with Crippen molar-refractivity contribution in [3.05, 3.63) is 75.9 Å². The van der Waals surface area contributed by atoms with Gasteiger partial charge in [0.1, 0.15) is 0 Å². The molecule has 27 heavy (non-hydrogen) atoms. The molecule has 0 spiro atoms. The zero-order valence-corrected chi connectivity index (χ0v) is 15.9. The number of fused-ring (bicyclic) bond motifs is 1. The molecule has 2 N–H and O–H groups in total. The van der Waals surface area contributed by atoms with Gasteiger partial charge in [-0.15, -0.1) is 11.3 Å². The molecule has 0 unspecified atom stereocenters. The molecule has 1 atom stereocenters. The molecule has 1 aliphatic heterocycles. The Morgan fingerprint density at radius 2 is 2.00 bits per heavy atom. The van der Waals surface area contributed by atoms with Gasteiger partial charge in [-0.2, -0.15) is 0 Å². The lowest BCUT2D eigenvalue weighted by atomic mass is 9.85. The lowest BCUT2D eigenvalue weighted by Gasteiger charge is -2.23. The third-order valence-corrected chi connectivity index (χ3v) is 6.01. The molecule has 6 heteroatoms. The Hall–Kier alpha value is -2.99. The summed E-state index contributed by atoms with van der Waals surface area (Å²) in [5.74, 6) is -0.280. The zero-order chi connectivity index (χ0) is 19.0. The van der Waals surface area contributed by atoms with E-state index >= 15 is 0 Å². The standard InChI is InChI=1S/C21H19N3O2S/c1-12-5-7-15(8-6-12)23-20(26)19-13(2)18-16(14-4-3-9-22-11-14)10-17(25)24-21(18)27-19/h3-9,11,16H,10H2,1-2H3,(H,23,26)(H,24,25)/t16-/m0/s1. The lowest BCUT2D eigenvalue weighted by molar-refractivity contribution is -0.116. The maximum atomic E-state index is 12.8. The van der Waals surface area contributed by atoms with Gasteiger partial charge in [-0.3, -0.25) is 14.6 Å². The summed E-state index contributed by atoms with van der Waals surface area (Å²) in [5, 5.41) is 6.63. The van der Waals surface area contributed by atoms with Crippen molar-refractivity contribution >= 4 is 33.8 Å². The minimum absolute atomic E-state index is 0.0388. The summed E-state index contributed by atoms with van der Waals surface area (Å²) in [4.78, 5) is 29.8. The molecule has 0 radical (unpaired) electrons. The van der Waals surface area contributed by atoms with Crippen LogP contribution in [-0.2, 0) is 4.79 Å². The normalized spacial score (nSPS) is 15.8. The van der Waals surface area contributed by atoms with E-state index in [-0.39, 0.29) is 17.7 Å². The minimum atomic E-state index is -0.157. The number of thiophene rings is 1. The largest absolute Gasteiger partial charge is 0.321 e. The maximum absolute atomic E-state index is 12.8. The van der Waals surface area contributed by atoms with E-state index < -0.39 is 0 Å². The first kappa shape index (κ1) is 17.4. The van der Waals surface area contributed by atoms with Crippen LogP contribution in [0.2, 0.25) is 0 Å². The molecule has 0 bridgehead atoms. The summed E-state index contributed by atoms with van der Waals surface area (Å²) >= 11 is 1.33. The number of hydrogen-bond acceptors (Lipinski definition) is 4. The third kappa shape index (κ3) is 3.36. The highest BCUT2D eigenvalue weighted by Gasteiger charge is 2.32. The number of hydrogen-bond donors (Lipinski definition) is 2. The van der Waals surface area contributed by atoms with Gasteiger partial charge in [-0.1, -0.05) is 23.8 Å². The monoisotopic (exact) mass is 377 g/mol. The van der Waals surface area contributed by atoms with Gasteiger partial charge in [0.05, 0.1) is 9.88 Å². The average molecular weight is 377 g/mol. The van der Waals surface area contributed by atoms with Crippen molar-refractivity contribution in [2.75, 3.05) is 10.6 Å². The second-order valence-corrected chi connectivity index (χ2v) is 7.73. The third-order valence-electron chi connectivity index (χ3n) is 4.79. The summed E-state index contributed by atoms with van der Waals surface area (Å²) in [7, 11) is 0. The van der Waals surface area contributed by atoms with Gasteiger partial charge < -0.3 is 10.6 Å². The summed E-state index contributed by atoms with van der Waals surface area (Å²) in [6.45, 7) is 3.95. The number of aromatic nitrogens is 1. The van der Waals surface area contributed by atoms with Crippen molar-refractivity contribution < 1.29 is 9.59 Å². The fourth-order valence-corrected chi connectivity index (χ4v) is 4.59. The second kappa shape index (κ2) is 6.96. The molecule has 0 saturated heterocycles. The molecular weight excluding hydrogens is 358 g/mol. The predicted octanol–water partition coefficient (Wildman–Crippen LogP) is 4.49. The van der Waals surface area contributed by atoms with E-state index in [2.05, 4.69) is 15.6 Å².